The third-order valence-corrected chi connectivity index (χ3v) is 4.75. The lowest BCUT2D eigenvalue weighted by atomic mass is 10.1. The van der Waals surface area contributed by atoms with E-state index in [1.165, 1.54) is 17.4 Å². The molecule has 0 amide bonds. The van der Waals surface area contributed by atoms with Gasteiger partial charge in [-0.15, -0.1) is 11.3 Å². The molecular formula is C17H20F2N2O2S. The average Bonchev–Trinajstić information content (AvgIpc) is 3.09. The van der Waals surface area contributed by atoms with Gasteiger partial charge in [0.25, 0.3) is 0 Å². The van der Waals surface area contributed by atoms with Crippen LogP contribution in [0.3, 0.4) is 0 Å². The first kappa shape index (κ1) is 17.1. The summed E-state index contributed by atoms with van der Waals surface area (Å²) in [5, 5.41) is 2.71. The van der Waals surface area contributed by atoms with E-state index in [4.69, 9.17) is 9.47 Å². The molecule has 1 aliphatic heterocycles. The number of halogens is 2. The summed E-state index contributed by atoms with van der Waals surface area (Å²) in [6.07, 6.45) is 1.70. The molecule has 1 aromatic heterocycles. The fourth-order valence-corrected chi connectivity index (χ4v) is 3.36. The molecule has 1 fully saturated rings. The summed E-state index contributed by atoms with van der Waals surface area (Å²) in [6.45, 7) is 5.28. The van der Waals surface area contributed by atoms with Gasteiger partial charge >= 0.3 is 0 Å². The molecule has 0 radical (unpaired) electrons. The number of nitrogens with zero attached hydrogens (tertiary/aromatic N) is 2. The molecular weight excluding hydrogens is 334 g/mol. The van der Waals surface area contributed by atoms with Crippen molar-refractivity contribution in [2.45, 2.75) is 19.8 Å². The molecule has 0 unspecified atom stereocenters. The van der Waals surface area contributed by atoms with Gasteiger partial charge in [0.2, 0.25) is 5.82 Å². The van der Waals surface area contributed by atoms with Crippen molar-refractivity contribution >= 4 is 16.5 Å². The van der Waals surface area contributed by atoms with Gasteiger partial charge in [0.1, 0.15) is 0 Å². The number of morpholine rings is 1. The Hall–Kier alpha value is -1.73. The maximum atomic E-state index is 14.2. The van der Waals surface area contributed by atoms with Crippen molar-refractivity contribution in [1.82, 2.24) is 4.98 Å². The third-order valence-electron chi connectivity index (χ3n) is 3.84. The number of rotatable bonds is 6. The van der Waals surface area contributed by atoms with Gasteiger partial charge in [-0.2, -0.15) is 4.39 Å². The Balaban J connectivity index is 1.88. The standard InChI is InChI=1S/C17H20F2N2O2S/c1-2-3-8-23-16-12(4-5-13(18)15(16)19)14-11-24-17(20-14)21-6-9-22-10-7-21/h4-5,11H,2-3,6-10H2,1H3. The Morgan fingerprint density at radius 3 is 2.83 bits per heavy atom. The van der Waals surface area contributed by atoms with Gasteiger partial charge < -0.3 is 14.4 Å². The van der Waals surface area contributed by atoms with Gasteiger partial charge in [0.15, 0.2) is 16.7 Å². The number of thiazole rings is 1. The van der Waals surface area contributed by atoms with E-state index < -0.39 is 11.6 Å². The number of benzene rings is 1. The van der Waals surface area contributed by atoms with Crippen molar-refractivity contribution in [3.8, 4) is 17.0 Å². The largest absolute Gasteiger partial charge is 0.490 e. The zero-order valence-corrected chi connectivity index (χ0v) is 14.4. The highest BCUT2D eigenvalue weighted by Crippen LogP contribution is 2.36. The minimum absolute atomic E-state index is 0.0534. The van der Waals surface area contributed by atoms with E-state index in [1.807, 2.05) is 12.3 Å². The van der Waals surface area contributed by atoms with Crippen molar-refractivity contribution in [3.05, 3.63) is 29.1 Å². The lowest BCUT2D eigenvalue weighted by Gasteiger charge is -2.26. The predicted octanol–water partition coefficient (Wildman–Crippen LogP) is 4.10. The number of anilines is 1. The van der Waals surface area contributed by atoms with Crippen LogP contribution in [0.15, 0.2) is 17.5 Å². The smallest absolute Gasteiger partial charge is 0.201 e. The summed E-state index contributed by atoms with van der Waals surface area (Å²) < 4.78 is 38.6. The fraction of sp³-hybridized carbons (Fsp3) is 0.471. The Morgan fingerprint density at radius 2 is 2.08 bits per heavy atom. The monoisotopic (exact) mass is 354 g/mol. The van der Waals surface area contributed by atoms with E-state index in [2.05, 4.69) is 9.88 Å². The molecule has 130 valence electrons. The molecule has 0 aliphatic carbocycles. The number of hydrogen-bond acceptors (Lipinski definition) is 5. The molecule has 24 heavy (non-hydrogen) atoms. The van der Waals surface area contributed by atoms with Crippen LogP contribution in [0.5, 0.6) is 5.75 Å². The summed E-state index contributed by atoms with van der Waals surface area (Å²) in [5.74, 6) is -1.92. The van der Waals surface area contributed by atoms with Crippen LogP contribution in [0.4, 0.5) is 13.9 Å². The molecule has 2 heterocycles. The lowest BCUT2D eigenvalue weighted by molar-refractivity contribution is 0.122. The van der Waals surface area contributed by atoms with Gasteiger partial charge in [-0.3, -0.25) is 0 Å². The summed E-state index contributed by atoms with van der Waals surface area (Å²) >= 11 is 1.49. The van der Waals surface area contributed by atoms with Gasteiger partial charge in [-0.1, -0.05) is 13.3 Å². The Labute approximate surface area is 144 Å². The van der Waals surface area contributed by atoms with E-state index in [0.29, 0.717) is 31.1 Å². The molecule has 2 aromatic rings. The fourth-order valence-electron chi connectivity index (χ4n) is 2.48. The molecule has 1 aliphatic rings. The highest BCUT2D eigenvalue weighted by molar-refractivity contribution is 7.14. The highest BCUT2D eigenvalue weighted by atomic mass is 32.1. The Bertz CT molecular complexity index is 687. The average molecular weight is 354 g/mol. The summed E-state index contributed by atoms with van der Waals surface area (Å²) in [7, 11) is 0. The lowest BCUT2D eigenvalue weighted by Crippen LogP contribution is -2.36. The first-order valence-corrected chi connectivity index (χ1v) is 8.98. The van der Waals surface area contributed by atoms with Crippen molar-refractivity contribution in [1.29, 1.82) is 0 Å². The van der Waals surface area contributed by atoms with Crippen molar-refractivity contribution < 1.29 is 18.3 Å². The topological polar surface area (TPSA) is 34.6 Å². The molecule has 3 rings (SSSR count). The number of aromatic nitrogens is 1. The molecule has 1 saturated heterocycles. The minimum Gasteiger partial charge on any atom is -0.490 e. The molecule has 4 nitrogen and oxygen atoms in total. The van der Waals surface area contributed by atoms with Crippen LogP contribution < -0.4 is 9.64 Å². The van der Waals surface area contributed by atoms with Gasteiger partial charge in [0.05, 0.1) is 25.5 Å². The third kappa shape index (κ3) is 3.67. The molecule has 0 saturated carbocycles. The number of hydrogen-bond donors (Lipinski definition) is 0. The van der Waals surface area contributed by atoms with Crippen LogP contribution >= 0.6 is 11.3 Å². The summed E-state index contributed by atoms with van der Waals surface area (Å²) in [5.41, 5.74) is 1.09. The second kappa shape index (κ2) is 7.90. The SMILES string of the molecule is CCCCOc1c(-c2csc(N3CCOCC3)n2)ccc(F)c1F. The second-order valence-electron chi connectivity index (χ2n) is 5.55. The van der Waals surface area contributed by atoms with E-state index >= 15 is 0 Å². The van der Waals surface area contributed by atoms with E-state index in [-0.39, 0.29) is 5.75 Å². The highest BCUT2D eigenvalue weighted by Gasteiger charge is 2.20. The maximum Gasteiger partial charge on any atom is 0.201 e. The zero-order valence-electron chi connectivity index (χ0n) is 13.6. The summed E-state index contributed by atoms with van der Waals surface area (Å²) in [4.78, 5) is 6.72. The minimum atomic E-state index is -0.954. The normalized spacial score (nSPS) is 14.9. The van der Waals surface area contributed by atoms with E-state index in [1.54, 1.807) is 0 Å². The molecule has 1 aromatic carbocycles. The Kier molecular flexibility index (Phi) is 5.63. The van der Waals surface area contributed by atoms with Crippen molar-refractivity contribution in [3.63, 3.8) is 0 Å². The first-order valence-electron chi connectivity index (χ1n) is 8.10. The zero-order chi connectivity index (χ0) is 16.9. The maximum absolute atomic E-state index is 14.2. The molecule has 0 N–H and O–H groups in total. The van der Waals surface area contributed by atoms with E-state index in [0.717, 1.165) is 37.1 Å². The van der Waals surface area contributed by atoms with Crippen molar-refractivity contribution in [2.24, 2.45) is 0 Å². The van der Waals surface area contributed by atoms with Crippen LogP contribution in [-0.2, 0) is 4.74 Å². The summed E-state index contributed by atoms with van der Waals surface area (Å²) in [6, 6.07) is 2.64. The quantitative estimate of drug-likeness (QED) is 0.732. The molecule has 0 atom stereocenters. The van der Waals surface area contributed by atoms with Crippen molar-refractivity contribution in [2.75, 3.05) is 37.8 Å². The predicted molar refractivity (Wildman–Crippen MR) is 90.9 cm³/mol. The van der Waals surface area contributed by atoms with Crippen LogP contribution in [0.1, 0.15) is 19.8 Å². The van der Waals surface area contributed by atoms with Gasteiger partial charge in [-0.05, 0) is 18.6 Å². The molecule has 7 heteroatoms. The first-order chi connectivity index (χ1) is 11.7. The van der Waals surface area contributed by atoms with Crippen LogP contribution in [0, 0.1) is 11.6 Å². The molecule has 0 bridgehead atoms. The van der Waals surface area contributed by atoms with Crippen LogP contribution in [0.25, 0.3) is 11.3 Å². The van der Waals surface area contributed by atoms with Gasteiger partial charge in [0, 0.05) is 24.0 Å². The Morgan fingerprint density at radius 1 is 1.29 bits per heavy atom. The van der Waals surface area contributed by atoms with Crippen LogP contribution in [0.2, 0.25) is 0 Å². The van der Waals surface area contributed by atoms with Gasteiger partial charge in [-0.25, -0.2) is 9.37 Å². The van der Waals surface area contributed by atoms with Crippen LogP contribution in [-0.4, -0.2) is 37.9 Å². The number of ether oxygens (including phenoxy) is 2. The van der Waals surface area contributed by atoms with E-state index in [9.17, 15) is 8.78 Å². The number of unbranched alkanes of at least 4 members (excludes halogenated alkanes) is 1. The molecule has 0 spiro atoms. The second-order valence-corrected chi connectivity index (χ2v) is 6.39.